The minimum absolute atomic E-state index is 0.00254. The number of ether oxygens (including phenoxy) is 1. The molecule has 2 N–H and O–H groups in total. The van der Waals surface area contributed by atoms with Crippen LogP contribution in [-0.2, 0) is 9.53 Å². The second-order valence-corrected chi connectivity index (χ2v) is 6.82. The molecule has 0 aliphatic heterocycles. The predicted octanol–water partition coefficient (Wildman–Crippen LogP) is 4.01. The van der Waals surface area contributed by atoms with E-state index in [0.29, 0.717) is 23.6 Å². The van der Waals surface area contributed by atoms with Crippen LogP contribution in [0.5, 0.6) is 0 Å². The molecule has 0 aliphatic rings. The number of hydrogen-bond acceptors (Lipinski definition) is 4. The number of amides is 1. The van der Waals surface area contributed by atoms with E-state index >= 15 is 0 Å². The highest BCUT2D eigenvalue weighted by atomic mass is 35.5. The first-order valence-electron chi connectivity index (χ1n) is 8.76. The molecule has 0 bridgehead atoms. The number of carbonyl (C=O) groups excluding carboxylic acids is 1. The van der Waals surface area contributed by atoms with Gasteiger partial charge in [0.15, 0.2) is 0 Å². The molecule has 146 valence electrons. The van der Waals surface area contributed by atoms with Crippen LogP contribution < -0.4 is 5.32 Å². The summed E-state index contributed by atoms with van der Waals surface area (Å²) in [6, 6.07) is 12.0. The summed E-state index contributed by atoms with van der Waals surface area (Å²) in [7, 11) is 1.57. The van der Waals surface area contributed by atoms with Crippen molar-refractivity contribution in [3.63, 3.8) is 0 Å². The van der Waals surface area contributed by atoms with E-state index < -0.39 is 4.92 Å². The number of nitrogens with one attached hydrogen (secondary N) is 2. The highest BCUT2D eigenvalue weighted by molar-refractivity contribution is 6.30. The Morgan fingerprint density at radius 2 is 2.14 bits per heavy atom. The van der Waals surface area contributed by atoms with Crippen molar-refractivity contribution >= 4 is 34.1 Å². The SMILES string of the molecule is COCCNC(=O)C[C@@H](c1cccc(Cl)c1)c1c[nH]c2ccc([N+](=O)[O-])cc12. The molecule has 8 heteroatoms. The van der Waals surface area contributed by atoms with Gasteiger partial charge >= 0.3 is 0 Å². The summed E-state index contributed by atoms with van der Waals surface area (Å²) in [5, 5.41) is 15.3. The molecular weight excluding hydrogens is 382 g/mol. The van der Waals surface area contributed by atoms with Crippen LogP contribution in [0.25, 0.3) is 10.9 Å². The number of aromatic nitrogens is 1. The fourth-order valence-electron chi connectivity index (χ4n) is 3.21. The van der Waals surface area contributed by atoms with Crippen molar-refractivity contribution < 1.29 is 14.5 Å². The maximum Gasteiger partial charge on any atom is 0.270 e. The zero-order valence-electron chi connectivity index (χ0n) is 15.3. The number of non-ortho nitro benzene ring substituents is 1. The van der Waals surface area contributed by atoms with Gasteiger partial charge in [0.1, 0.15) is 0 Å². The Hall–Kier alpha value is -2.90. The number of nitrogens with zero attached hydrogens (tertiary/aromatic N) is 1. The molecule has 7 nitrogen and oxygen atoms in total. The molecule has 3 rings (SSSR count). The maximum absolute atomic E-state index is 12.5. The van der Waals surface area contributed by atoms with Gasteiger partial charge in [0.25, 0.3) is 5.69 Å². The van der Waals surface area contributed by atoms with Crippen LogP contribution in [0.2, 0.25) is 5.02 Å². The van der Waals surface area contributed by atoms with Crippen molar-refractivity contribution in [3.8, 4) is 0 Å². The van der Waals surface area contributed by atoms with Gasteiger partial charge in [-0.2, -0.15) is 0 Å². The first kappa shape index (κ1) is 19.9. The molecule has 1 heterocycles. The van der Waals surface area contributed by atoms with E-state index in [1.54, 1.807) is 25.4 Å². The fourth-order valence-corrected chi connectivity index (χ4v) is 3.41. The Labute approximate surface area is 166 Å². The lowest BCUT2D eigenvalue weighted by Crippen LogP contribution is -2.28. The normalized spacial score (nSPS) is 12.1. The topological polar surface area (TPSA) is 97.3 Å². The van der Waals surface area contributed by atoms with E-state index in [4.69, 9.17) is 16.3 Å². The van der Waals surface area contributed by atoms with Gasteiger partial charge in [-0.3, -0.25) is 14.9 Å². The summed E-state index contributed by atoms with van der Waals surface area (Å²) in [5.74, 6) is -0.446. The summed E-state index contributed by atoms with van der Waals surface area (Å²) in [4.78, 5) is 26.4. The van der Waals surface area contributed by atoms with Crippen molar-refractivity contribution in [2.75, 3.05) is 20.3 Å². The minimum Gasteiger partial charge on any atom is -0.383 e. The standard InChI is InChI=1S/C20H20ClN3O4/c1-28-8-7-22-20(25)11-16(13-3-2-4-14(21)9-13)18-12-23-19-6-5-15(24(26)27)10-17(18)19/h2-6,9-10,12,16,23H,7-8,11H2,1H3,(H,22,25)/t16-/m0/s1. The van der Waals surface area contributed by atoms with Crippen LogP contribution in [0.1, 0.15) is 23.5 Å². The molecule has 0 radical (unpaired) electrons. The van der Waals surface area contributed by atoms with Crippen molar-refractivity contribution in [2.45, 2.75) is 12.3 Å². The quantitative estimate of drug-likeness (QED) is 0.338. The van der Waals surface area contributed by atoms with Gasteiger partial charge in [-0.15, -0.1) is 0 Å². The molecular formula is C20H20ClN3O4. The number of methoxy groups -OCH3 is 1. The lowest BCUT2D eigenvalue weighted by atomic mass is 9.88. The highest BCUT2D eigenvalue weighted by Crippen LogP contribution is 2.35. The zero-order valence-corrected chi connectivity index (χ0v) is 16.0. The molecule has 0 fully saturated rings. The second-order valence-electron chi connectivity index (χ2n) is 6.39. The third-order valence-corrected chi connectivity index (χ3v) is 4.79. The monoisotopic (exact) mass is 401 g/mol. The minimum atomic E-state index is -0.429. The van der Waals surface area contributed by atoms with Crippen molar-refractivity contribution in [3.05, 3.63) is 74.9 Å². The lowest BCUT2D eigenvalue weighted by molar-refractivity contribution is -0.384. The number of benzene rings is 2. The van der Waals surface area contributed by atoms with Gasteiger partial charge in [0, 0.05) is 60.2 Å². The van der Waals surface area contributed by atoms with E-state index in [2.05, 4.69) is 10.3 Å². The maximum atomic E-state index is 12.5. The van der Waals surface area contributed by atoms with Crippen molar-refractivity contribution in [2.24, 2.45) is 0 Å². The van der Waals surface area contributed by atoms with E-state index in [-0.39, 0.29) is 23.9 Å². The van der Waals surface area contributed by atoms with Crippen molar-refractivity contribution in [1.82, 2.24) is 10.3 Å². The average Bonchev–Trinajstić information content (AvgIpc) is 3.09. The number of H-pyrrole nitrogens is 1. The largest absolute Gasteiger partial charge is 0.383 e. The smallest absolute Gasteiger partial charge is 0.270 e. The zero-order chi connectivity index (χ0) is 20.1. The summed E-state index contributed by atoms with van der Waals surface area (Å²) in [6.45, 7) is 0.837. The van der Waals surface area contributed by atoms with Gasteiger partial charge in [0.2, 0.25) is 5.91 Å². The van der Waals surface area contributed by atoms with Gasteiger partial charge in [-0.1, -0.05) is 23.7 Å². The number of hydrogen-bond donors (Lipinski definition) is 2. The molecule has 0 saturated carbocycles. The van der Waals surface area contributed by atoms with Gasteiger partial charge < -0.3 is 15.0 Å². The van der Waals surface area contributed by atoms with Crippen molar-refractivity contribution in [1.29, 1.82) is 0 Å². The molecule has 0 saturated heterocycles. The van der Waals surface area contributed by atoms with Crippen LogP contribution in [0.15, 0.2) is 48.7 Å². The number of halogens is 1. The fraction of sp³-hybridized carbons (Fsp3) is 0.250. The molecule has 2 aromatic carbocycles. The first-order chi connectivity index (χ1) is 13.5. The third kappa shape index (κ3) is 4.49. The number of nitro benzene ring substituents is 1. The molecule has 1 aromatic heterocycles. The summed E-state index contributed by atoms with van der Waals surface area (Å²) >= 11 is 6.16. The second kappa shape index (κ2) is 8.86. The Bertz CT molecular complexity index is 1000. The molecule has 1 atom stereocenters. The predicted molar refractivity (Wildman–Crippen MR) is 108 cm³/mol. The van der Waals surface area contributed by atoms with Crippen LogP contribution in [-0.4, -0.2) is 36.1 Å². The summed E-state index contributed by atoms with van der Waals surface area (Å²) < 4.78 is 4.96. The van der Waals surface area contributed by atoms with Gasteiger partial charge in [-0.05, 0) is 29.3 Å². The number of nitro groups is 1. The van der Waals surface area contributed by atoms with E-state index in [9.17, 15) is 14.9 Å². The summed E-state index contributed by atoms with van der Waals surface area (Å²) in [6.07, 6.45) is 1.97. The van der Waals surface area contributed by atoms with Crippen LogP contribution in [0.4, 0.5) is 5.69 Å². The number of fused-ring (bicyclic) bond motifs is 1. The summed E-state index contributed by atoms with van der Waals surface area (Å²) in [5.41, 5.74) is 2.44. The van der Waals surface area contributed by atoms with Crippen LogP contribution >= 0.6 is 11.6 Å². The molecule has 0 unspecified atom stereocenters. The van der Waals surface area contributed by atoms with E-state index in [1.165, 1.54) is 12.1 Å². The molecule has 3 aromatic rings. The average molecular weight is 402 g/mol. The number of rotatable bonds is 8. The van der Waals surface area contributed by atoms with E-state index in [1.807, 2.05) is 18.2 Å². The highest BCUT2D eigenvalue weighted by Gasteiger charge is 2.23. The van der Waals surface area contributed by atoms with Crippen LogP contribution in [0.3, 0.4) is 0 Å². The molecule has 28 heavy (non-hydrogen) atoms. The Kier molecular flexibility index (Phi) is 6.28. The first-order valence-corrected chi connectivity index (χ1v) is 9.14. The molecule has 0 spiro atoms. The Morgan fingerprint density at radius 1 is 1.32 bits per heavy atom. The molecule has 1 amide bonds. The van der Waals surface area contributed by atoms with Gasteiger partial charge in [-0.25, -0.2) is 0 Å². The number of aromatic amines is 1. The lowest BCUT2D eigenvalue weighted by Gasteiger charge is -2.17. The van der Waals surface area contributed by atoms with Crippen LogP contribution in [0, 0.1) is 10.1 Å². The third-order valence-electron chi connectivity index (χ3n) is 4.55. The van der Waals surface area contributed by atoms with E-state index in [0.717, 1.165) is 16.6 Å². The Morgan fingerprint density at radius 3 is 2.86 bits per heavy atom. The molecule has 0 aliphatic carbocycles. The number of carbonyl (C=O) groups is 1. The Balaban J connectivity index is 2.01. The van der Waals surface area contributed by atoms with Gasteiger partial charge in [0.05, 0.1) is 11.5 Å².